The number of benzene rings is 1. The molecule has 0 atom stereocenters. The topological polar surface area (TPSA) is 43.1 Å². The first-order chi connectivity index (χ1) is 7.87. The maximum atomic E-state index is 13.0. The van der Waals surface area contributed by atoms with Gasteiger partial charge in [-0.1, -0.05) is 18.6 Å². The van der Waals surface area contributed by atoms with Gasteiger partial charge >= 0.3 is 6.18 Å². The van der Waals surface area contributed by atoms with E-state index < -0.39 is 16.5 Å². The Morgan fingerprint density at radius 2 is 1.71 bits per heavy atom. The van der Waals surface area contributed by atoms with E-state index in [2.05, 4.69) is 0 Å². The third kappa shape index (κ3) is 1.77. The zero-order chi connectivity index (χ0) is 12.7. The van der Waals surface area contributed by atoms with Gasteiger partial charge in [0.15, 0.2) is 0 Å². The Morgan fingerprint density at radius 1 is 1.18 bits per heavy atom. The molecule has 0 N–H and O–H groups in total. The molecule has 0 amide bonds. The van der Waals surface area contributed by atoms with Crippen LogP contribution in [0.4, 0.5) is 18.9 Å². The van der Waals surface area contributed by atoms with Gasteiger partial charge in [0.1, 0.15) is 0 Å². The molecule has 92 valence electrons. The van der Waals surface area contributed by atoms with Crippen LogP contribution in [-0.4, -0.2) is 11.1 Å². The summed E-state index contributed by atoms with van der Waals surface area (Å²) in [6.45, 7) is 0. The van der Waals surface area contributed by atoms with Gasteiger partial charge in [0.2, 0.25) is 0 Å². The third-order valence-corrected chi connectivity index (χ3v) is 3.38. The molecule has 17 heavy (non-hydrogen) atoms. The summed E-state index contributed by atoms with van der Waals surface area (Å²) in [4.78, 5) is 9.81. The molecule has 2 rings (SSSR count). The van der Waals surface area contributed by atoms with Crippen molar-refractivity contribution in [2.24, 2.45) is 0 Å². The second kappa shape index (κ2) is 3.72. The maximum Gasteiger partial charge on any atom is 0.398 e. The molecule has 0 unspecified atom stereocenters. The first-order valence-corrected chi connectivity index (χ1v) is 5.18. The highest BCUT2D eigenvalue weighted by atomic mass is 19.4. The van der Waals surface area contributed by atoms with Crippen LogP contribution in [0.1, 0.15) is 24.8 Å². The molecule has 1 saturated carbocycles. The fourth-order valence-corrected chi connectivity index (χ4v) is 2.17. The van der Waals surface area contributed by atoms with Crippen molar-refractivity contribution in [2.45, 2.75) is 30.9 Å². The van der Waals surface area contributed by atoms with Crippen molar-refractivity contribution in [3.63, 3.8) is 0 Å². The molecule has 1 aromatic carbocycles. The van der Waals surface area contributed by atoms with Crippen molar-refractivity contribution in [2.75, 3.05) is 0 Å². The van der Waals surface area contributed by atoms with E-state index in [1.807, 2.05) is 0 Å². The number of non-ortho nitro benzene ring substituents is 1. The predicted octanol–water partition coefficient (Wildman–Crippen LogP) is 3.58. The summed E-state index contributed by atoms with van der Waals surface area (Å²) < 4.78 is 38.9. The van der Waals surface area contributed by atoms with Gasteiger partial charge in [-0.25, -0.2) is 0 Å². The van der Waals surface area contributed by atoms with Crippen LogP contribution in [0, 0.1) is 10.1 Å². The zero-order valence-electron chi connectivity index (χ0n) is 8.83. The maximum absolute atomic E-state index is 13.0. The van der Waals surface area contributed by atoms with Crippen LogP contribution >= 0.6 is 0 Å². The number of rotatable bonds is 2. The van der Waals surface area contributed by atoms with Gasteiger partial charge in [0, 0.05) is 12.1 Å². The van der Waals surface area contributed by atoms with Gasteiger partial charge in [-0.15, -0.1) is 0 Å². The molecule has 1 fully saturated rings. The minimum absolute atomic E-state index is 0.0638. The van der Waals surface area contributed by atoms with Crippen LogP contribution in [0.5, 0.6) is 0 Å². The Kier molecular flexibility index (Phi) is 2.60. The Labute approximate surface area is 95.4 Å². The molecular formula is C11H10F3NO2. The SMILES string of the molecule is O=[N+]([O-])c1ccc(C2(C(F)(F)F)CCC2)cc1. The van der Waals surface area contributed by atoms with Crippen LogP contribution in [0.3, 0.4) is 0 Å². The highest BCUT2D eigenvalue weighted by Gasteiger charge is 2.59. The average molecular weight is 245 g/mol. The van der Waals surface area contributed by atoms with Gasteiger partial charge in [0.05, 0.1) is 10.3 Å². The lowest BCUT2D eigenvalue weighted by molar-refractivity contribution is -0.384. The van der Waals surface area contributed by atoms with E-state index in [-0.39, 0.29) is 24.1 Å². The Morgan fingerprint density at radius 3 is 2.00 bits per heavy atom. The van der Waals surface area contributed by atoms with Crippen molar-refractivity contribution in [1.82, 2.24) is 0 Å². The summed E-state index contributed by atoms with van der Waals surface area (Å²) in [6.07, 6.45) is -3.62. The molecule has 0 bridgehead atoms. The zero-order valence-corrected chi connectivity index (χ0v) is 8.83. The van der Waals surface area contributed by atoms with Crippen LogP contribution < -0.4 is 0 Å². The summed E-state index contributed by atoms with van der Waals surface area (Å²) in [5, 5.41) is 10.4. The monoisotopic (exact) mass is 245 g/mol. The van der Waals surface area contributed by atoms with Crippen LogP contribution in [-0.2, 0) is 5.41 Å². The van der Waals surface area contributed by atoms with E-state index in [1.165, 1.54) is 12.1 Å². The normalized spacial score (nSPS) is 18.5. The molecule has 1 aromatic rings. The molecule has 0 radical (unpaired) electrons. The van der Waals surface area contributed by atoms with Crippen molar-refractivity contribution >= 4 is 5.69 Å². The van der Waals surface area contributed by atoms with Crippen LogP contribution in [0.25, 0.3) is 0 Å². The van der Waals surface area contributed by atoms with Crippen molar-refractivity contribution in [1.29, 1.82) is 0 Å². The second-order valence-electron chi connectivity index (χ2n) is 4.24. The van der Waals surface area contributed by atoms with E-state index in [1.54, 1.807) is 0 Å². The molecule has 1 aliphatic carbocycles. The lowest BCUT2D eigenvalue weighted by atomic mass is 9.64. The quantitative estimate of drug-likeness (QED) is 0.590. The van der Waals surface area contributed by atoms with E-state index >= 15 is 0 Å². The molecule has 3 nitrogen and oxygen atoms in total. The molecule has 0 aliphatic heterocycles. The van der Waals surface area contributed by atoms with Crippen LogP contribution in [0.15, 0.2) is 24.3 Å². The third-order valence-electron chi connectivity index (χ3n) is 3.38. The van der Waals surface area contributed by atoms with Gasteiger partial charge in [-0.2, -0.15) is 13.2 Å². The largest absolute Gasteiger partial charge is 0.398 e. The van der Waals surface area contributed by atoms with Crippen molar-refractivity contribution in [3.8, 4) is 0 Å². The molecule has 0 aromatic heterocycles. The fraction of sp³-hybridized carbons (Fsp3) is 0.455. The Hall–Kier alpha value is -1.59. The first kappa shape index (κ1) is 11.9. The number of nitrogens with zero attached hydrogens (tertiary/aromatic N) is 1. The summed E-state index contributed by atoms with van der Waals surface area (Å²) >= 11 is 0. The van der Waals surface area contributed by atoms with E-state index in [9.17, 15) is 23.3 Å². The van der Waals surface area contributed by atoms with Crippen molar-refractivity contribution in [3.05, 3.63) is 39.9 Å². The van der Waals surface area contributed by atoms with Crippen molar-refractivity contribution < 1.29 is 18.1 Å². The lowest BCUT2D eigenvalue weighted by Crippen LogP contribution is -2.47. The van der Waals surface area contributed by atoms with Crippen LogP contribution in [0.2, 0.25) is 0 Å². The highest BCUT2D eigenvalue weighted by Crippen LogP contribution is 2.54. The predicted molar refractivity (Wildman–Crippen MR) is 54.7 cm³/mol. The standard InChI is InChI=1S/C11H10F3NO2/c12-11(13,14)10(6-1-7-10)8-2-4-9(5-3-8)15(16)17/h2-5H,1,6-7H2. The van der Waals surface area contributed by atoms with Gasteiger partial charge in [-0.3, -0.25) is 10.1 Å². The smallest absolute Gasteiger partial charge is 0.258 e. The summed E-state index contributed by atoms with van der Waals surface area (Å²) in [5.74, 6) is 0. The Balaban J connectivity index is 2.36. The Bertz CT molecular complexity index is 435. The molecule has 0 saturated heterocycles. The van der Waals surface area contributed by atoms with Gasteiger partial charge < -0.3 is 0 Å². The van der Waals surface area contributed by atoms with Gasteiger partial charge in [0.25, 0.3) is 5.69 Å². The summed E-state index contributed by atoms with van der Waals surface area (Å²) in [7, 11) is 0. The summed E-state index contributed by atoms with van der Waals surface area (Å²) in [5.41, 5.74) is -1.85. The average Bonchev–Trinajstić information content (AvgIpc) is 2.14. The van der Waals surface area contributed by atoms with E-state index in [4.69, 9.17) is 0 Å². The highest BCUT2D eigenvalue weighted by molar-refractivity contribution is 5.38. The molecule has 6 heteroatoms. The minimum Gasteiger partial charge on any atom is -0.258 e. The lowest BCUT2D eigenvalue weighted by Gasteiger charge is -2.43. The molecular weight excluding hydrogens is 235 g/mol. The summed E-state index contributed by atoms with van der Waals surface area (Å²) in [6, 6.07) is 4.68. The number of nitro benzene ring substituents is 1. The molecule has 1 aliphatic rings. The number of hydrogen-bond donors (Lipinski definition) is 0. The molecule has 0 heterocycles. The van der Waals surface area contributed by atoms with E-state index in [0.717, 1.165) is 12.1 Å². The van der Waals surface area contributed by atoms with Gasteiger partial charge in [-0.05, 0) is 18.4 Å². The second-order valence-corrected chi connectivity index (χ2v) is 4.24. The number of nitro groups is 1. The molecule has 0 spiro atoms. The van der Waals surface area contributed by atoms with E-state index in [0.29, 0.717) is 6.42 Å². The number of hydrogen-bond acceptors (Lipinski definition) is 2. The number of alkyl halides is 3. The first-order valence-electron chi connectivity index (χ1n) is 5.18. The fourth-order valence-electron chi connectivity index (χ4n) is 2.17. The minimum atomic E-state index is -4.29. The number of halogens is 3.